The fourth-order valence-electron chi connectivity index (χ4n) is 1.71. The quantitative estimate of drug-likeness (QED) is 0.681. The number of ether oxygens (including phenoxy) is 1. The smallest absolute Gasteiger partial charge is 0.338 e. The number of esters is 1. The number of rotatable bonds is 1. The van der Waals surface area contributed by atoms with E-state index in [-0.39, 0.29) is 0 Å². The molecule has 0 aromatic heterocycles. The van der Waals surface area contributed by atoms with Gasteiger partial charge in [-0.05, 0) is 17.5 Å². The van der Waals surface area contributed by atoms with Crippen molar-refractivity contribution in [1.82, 2.24) is 0 Å². The van der Waals surface area contributed by atoms with Crippen LogP contribution in [0.4, 0.5) is 0 Å². The fraction of sp³-hybridized carbons (Fsp3) is 0.0769. The third kappa shape index (κ3) is 1.51. The summed E-state index contributed by atoms with van der Waals surface area (Å²) in [5, 5.41) is 10.5. The minimum Gasteiger partial charge on any atom is -0.465 e. The maximum absolute atomic E-state index is 11.6. The van der Waals surface area contributed by atoms with Gasteiger partial charge in [0.15, 0.2) is 0 Å². The van der Waals surface area contributed by atoms with Crippen LogP contribution in [0.5, 0.6) is 0 Å². The lowest BCUT2D eigenvalue weighted by molar-refractivity contribution is 0.0603. The maximum atomic E-state index is 11.6. The van der Waals surface area contributed by atoms with Crippen LogP contribution in [0.25, 0.3) is 10.8 Å². The Balaban J connectivity index is 2.85. The molecular formula is C13H9NO2. The molecule has 0 bridgehead atoms. The molecule has 0 fully saturated rings. The van der Waals surface area contributed by atoms with Gasteiger partial charge in [-0.15, -0.1) is 0 Å². The third-order valence-electron chi connectivity index (χ3n) is 2.43. The molecule has 0 saturated carbocycles. The molecule has 0 saturated heterocycles. The predicted octanol–water partition coefficient (Wildman–Crippen LogP) is 2.50. The molecule has 0 spiro atoms. The molecule has 0 aliphatic carbocycles. The van der Waals surface area contributed by atoms with Crippen molar-refractivity contribution in [1.29, 1.82) is 5.26 Å². The first-order chi connectivity index (χ1) is 7.77. The summed E-state index contributed by atoms with van der Waals surface area (Å²) in [5.74, 6) is -0.423. The van der Waals surface area contributed by atoms with Gasteiger partial charge in [-0.2, -0.15) is 5.26 Å². The van der Waals surface area contributed by atoms with Crippen LogP contribution in [0, 0.1) is 11.3 Å². The second-order valence-electron chi connectivity index (χ2n) is 3.31. The average molecular weight is 211 g/mol. The zero-order valence-corrected chi connectivity index (χ0v) is 8.73. The van der Waals surface area contributed by atoms with Gasteiger partial charge in [0.2, 0.25) is 0 Å². The van der Waals surface area contributed by atoms with Crippen molar-refractivity contribution in [3.8, 4) is 6.07 Å². The Bertz CT molecular complexity index is 591. The molecule has 0 radical (unpaired) electrons. The van der Waals surface area contributed by atoms with Gasteiger partial charge in [0.25, 0.3) is 0 Å². The van der Waals surface area contributed by atoms with Crippen LogP contribution < -0.4 is 0 Å². The fourth-order valence-corrected chi connectivity index (χ4v) is 1.71. The van der Waals surface area contributed by atoms with E-state index in [1.165, 1.54) is 7.11 Å². The van der Waals surface area contributed by atoms with E-state index in [1.807, 2.05) is 12.1 Å². The van der Waals surface area contributed by atoms with Gasteiger partial charge in [-0.3, -0.25) is 0 Å². The first-order valence-electron chi connectivity index (χ1n) is 4.78. The summed E-state index contributed by atoms with van der Waals surface area (Å²) < 4.78 is 4.70. The van der Waals surface area contributed by atoms with Gasteiger partial charge in [-0.25, -0.2) is 4.79 Å². The highest BCUT2D eigenvalue weighted by Gasteiger charge is 2.12. The van der Waals surface area contributed by atoms with E-state index >= 15 is 0 Å². The largest absolute Gasteiger partial charge is 0.465 e. The lowest BCUT2D eigenvalue weighted by atomic mass is 10.00. The molecule has 2 aromatic rings. The van der Waals surface area contributed by atoms with E-state index in [2.05, 4.69) is 6.07 Å². The summed E-state index contributed by atoms with van der Waals surface area (Å²) in [7, 11) is 1.33. The van der Waals surface area contributed by atoms with Gasteiger partial charge >= 0.3 is 5.97 Å². The molecule has 0 amide bonds. The van der Waals surface area contributed by atoms with Crippen LogP contribution in [-0.4, -0.2) is 13.1 Å². The second-order valence-corrected chi connectivity index (χ2v) is 3.31. The molecule has 2 rings (SSSR count). The highest BCUT2D eigenvalue weighted by molar-refractivity contribution is 6.06. The van der Waals surface area contributed by atoms with Crippen molar-refractivity contribution in [3.63, 3.8) is 0 Å². The number of nitrogens with zero attached hydrogens (tertiary/aromatic N) is 1. The highest BCUT2D eigenvalue weighted by atomic mass is 16.5. The van der Waals surface area contributed by atoms with Crippen molar-refractivity contribution >= 4 is 16.7 Å². The van der Waals surface area contributed by atoms with Gasteiger partial charge < -0.3 is 4.74 Å². The van der Waals surface area contributed by atoms with Crippen LogP contribution in [0.15, 0.2) is 36.4 Å². The summed E-state index contributed by atoms with van der Waals surface area (Å²) in [6.45, 7) is 0. The van der Waals surface area contributed by atoms with Gasteiger partial charge in [0.1, 0.15) is 0 Å². The first kappa shape index (κ1) is 10.2. The van der Waals surface area contributed by atoms with E-state index in [9.17, 15) is 4.79 Å². The summed E-state index contributed by atoms with van der Waals surface area (Å²) in [6.07, 6.45) is 0. The number of nitriles is 1. The normalized spacial score (nSPS) is 9.75. The Labute approximate surface area is 92.9 Å². The molecule has 0 aliphatic heterocycles. The standard InChI is InChI=1S/C13H9NO2/c1-16-13(15)11-7-3-5-9-4-2-6-10(8-14)12(9)11/h2-7H,1H3. The average Bonchev–Trinajstić information content (AvgIpc) is 2.36. The Morgan fingerprint density at radius 2 is 1.94 bits per heavy atom. The minimum atomic E-state index is -0.423. The predicted molar refractivity (Wildman–Crippen MR) is 60.0 cm³/mol. The summed E-state index contributed by atoms with van der Waals surface area (Å²) in [4.78, 5) is 11.6. The molecule has 16 heavy (non-hydrogen) atoms. The van der Waals surface area contributed by atoms with E-state index in [0.29, 0.717) is 16.5 Å². The van der Waals surface area contributed by atoms with Gasteiger partial charge in [-0.1, -0.05) is 24.3 Å². The minimum absolute atomic E-state index is 0.423. The molecule has 3 heteroatoms. The highest BCUT2D eigenvalue weighted by Crippen LogP contribution is 2.23. The Kier molecular flexibility index (Phi) is 2.57. The molecule has 78 valence electrons. The zero-order valence-electron chi connectivity index (χ0n) is 8.73. The summed E-state index contributed by atoms with van der Waals surface area (Å²) in [5.41, 5.74) is 0.913. The van der Waals surface area contributed by atoms with Crippen molar-refractivity contribution < 1.29 is 9.53 Å². The number of hydrogen-bond donors (Lipinski definition) is 0. The monoisotopic (exact) mass is 211 g/mol. The molecule has 0 N–H and O–H groups in total. The van der Waals surface area contributed by atoms with Gasteiger partial charge in [0.05, 0.1) is 24.3 Å². The van der Waals surface area contributed by atoms with Crippen molar-refractivity contribution in [2.75, 3.05) is 7.11 Å². The van der Waals surface area contributed by atoms with Crippen molar-refractivity contribution in [2.24, 2.45) is 0 Å². The summed E-state index contributed by atoms with van der Waals surface area (Å²) in [6, 6.07) is 12.7. The number of benzene rings is 2. The van der Waals surface area contributed by atoms with Crippen LogP contribution in [0.2, 0.25) is 0 Å². The van der Waals surface area contributed by atoms with E-state index < -0.39 is 5.97 Å². The molecular weight excluding hydrogens is 202 g/mol. The van der Waals surface area contributed by atoms with Crippen LogP contribution in [0.1, 0.15) is 15.9 Å². The molecule has 0 atom stereocenters. The Hall–Kier alpha value is -2.34. The molecule has 2 aromatic carbocycles. The first-order valence-corrected chi connectivity index (χ1v) is 4.78. The van der Waals surface area contributed by atoms with Crippen LogP contribution >= 0.6 is 0 Å². The third-order valence-corrected chi connectivity index (χ3v) is 2.43. The van der Waals surface area contributed by atoms with Gasteiger partial charge in [0, 0.05) is 5.39 Å². The number of hydrogen-bond acceptors (Lipinski definition) is 3. The van der Waals surface area contributed by atoms with Crippen LogP contribution in [0.3, 0.4) is 0 Å². The molecule has 0 aliphatic rings. The van der Waals surface area contributed by atoms with Crippen molar-refractivity contribution in [3.05, 3.63) is 47.5 Å². The van der Waals surface area contributed by atoms with Crippen molar-refractivity contribution in [2.45, 2.75) is 0 Å². The Morgan fingerprint density at radius 1 is 1.25 bits per heavy atom. The van der Waals surface area contributed by atoms with E-state index in [4.69, 9.17) is 10.00 Å². The van der Waals surface area contributed by atoms with Crippen LogP contribution in [-0.2, 0) is 4.74 Å². The Morgan fingerprint density at radius 3 is 2.56 bits per heavy atom. The summed E-state index contributed by atoms with van der Waals surface area (Å²) >= 11 is 0. The number of carbonyl (C=O) groups is 1. The second kappa shape index (κ2) is 4.03. The molecule has 3 nitrogen and oxygen atoms in total. The lowest BCUT2D eigenvalue weighted by Gasteiger charge is -2.05. The lowest BCUT2D eigenvalue weighted by Crippen LogP contribution is -2.02. The number of carbonyl (C=O) groups excluding carboxylic acids is 1. The van der Waals surface area contributed by atoms with E-state index in [1.54, 1.807) is 24.3 Å². The van der Waals surface area contributed by atoms with E-state index in [0.717, 1.165) is 5.39 Å². The number of fused-ring (bicyclic) bond motifs is 1. The molecule has 0 unspecified atom stereocenters. The topological polar surface area (TPSA) is 50.1 Å². The number of methoxy groups -OCH3 is 1. The SMILES string of the molecule is COC(=O)c1cccc2cccc(C#N)c12. The molecule has 0 heterocycles. The maximum Gasteiger partial charge on any atom is 0.338 e. The zero-order chi connectivity index (χ0) is 11.5.